The van der Waals surface area contributed by atoms with Gasteiger partial charge in [-0.15, -0.1) is 0 Å². The molecule has 3 heteroatoms. The highest BCUT2D eigenvalue weighted by molar-refractivity contribution is 6.12. The van der Waals surface area contributed by atoms with Crippen LogP contribution in [0.4, 0.5) is 17.1 Å². The molecule has 0 radical (unpaired) electrons. The quantitative estimate of drug-likeness (QED) is 0.176. The number of benzene rings is 9. The number of aryl methyl sites for hydroxylation is 1. The van der Waals surface area contributed by atoms with Crippen molar-refractivity contribution in [2.24, 2.45) is 0 Å². The summed E-state index contributed by atoms with van der Waals surface area (Å²) in [7, 11) is 0. The van der Waals surface area contributed by atoms with Crippen molar-refractivity contribution in [1.29, 1.82) is 0 Å². The largest absolute Gasteiger partial charge is 0.456 e. The predicted molar refractivity (Wildman–Crippen MR) is 289 cm³/mol. The van der Waals surface area contributed by atoms with Crippen LogP contribution in [-0.2, 0) is 17.3 Å². The Bertz CT molecular complexity index is 4340. The van der Waals surface area contributed by atoms with Crippen LogP contribution in [0.3, 0.4) is 0 Å². The summed E-state index contributed by atoms with van der Waals surface area (Å²) in [4.78, 5) is 2.54. The first kappa shape index (κ1) is 39.1. The third-order valence-electron chi connectivity index (χ3n) is 16.6. The lowest BCUT2D eigenvalue weighted by Crippen LogP contribution is -2.26. The molecule has 4 aliphatic rings. The Labute approximate surface area is 411 Å². The van der Waals surface area contributed by atoms with Crippen LogP contribution in [0.2, 0.25) is 0 Å². The lowest BCUT2D eigenvalue weighted by molar-refractivity contribution is 0.590. The van der Waals surface area contributed by atoms with E-state index in [0.29, 0.717) is 0 Å². The summed E-state index contributed by atoms with van der Waals surface area (Å²) in [6.45, 7) is 4.75. The van der Waals surface area contributed by atoms with Crippen molar-refractivity contribution in [3.05, 3.63) is 263 Å². The summed E-state index contributed by atoms with van der Waals surface area (Å²) in [5.41, 5.74) is 23.7. The highest BCUT2D eigenvalue weighted by Gasteiger charge is 2.54. The fourth-order valence-electron chi connectivity index (χ4n) is 13.7. The Morgan fingerprint density at radius 1 is 0.521 bits per heavy atom. The van der Waals surface area contributed by atoms with Gasteiger partial charge >= 0.3 is 0 Å². The molecule has 0 amide bonds. The summed E-state index contributed by atoms with van der Waals surface area (Å²) in [6, 6.07) is 78.8. The second kappa shape index (κ2) is 13.9. The van der Waals surface area contributed by atoms with E-state index in [0.717, 1.165) is 79.9 Å². The number of hydrogen-bond acceptors (Lipinski definition) is 3. The summed E-state index contributed by atoms with van der Waals surface area (Å²) < 4.78 is 13.9. The molecule has 71 heavy (non-hydrogen) atoms. The molecule has 10 aromatic carbocycles. The van der Waals surface area contributed by atoms with Crippen LogP contribution in [0.15, 0.2) is 209 Å². The predicted octanol–water partition coefficient (Wildman–Crippen LogP) is 17.6. The molecule has 3 nitrogen and oxygen atoms in total. The average molecular weight is 906 g/mol. The van der Waals surface area contributed by atoms with Gasteiger partial charge in [0.1, 0.15) is 22.5 Å². The van der Waals surface area contributed by atoms with E-state index in [9.17, 15) is 0 Å². The molecule has 1 unspecified atom stereocenters. The van der Waals surface area contributed by atoms with Crippen LogP contribution in [0, 0.1) is 12.1 Å². The van der Waals surface area contributed by atoms with Crippen LogP contribution in [0.25, 0.3) is 82.6 Å². The number of fused-ring (bicyclic) bond motifs is 21. The second-order valence-electron chi connectivity index (χ2n) is 20.3. The lowest BCUT2D eigenvalue weighted by Gasteiger charge is -2.32. The molecule has 2 aromatic heterocycles. The Balaban J connectivity index is 0.972. The van der Waals surface area contributed by atoms with Crippen LogP contribution >= 0.6 is 0 Å². The first-order valence-electron chi connectivity index (χ1n) is 24.9. The topological polar surface area (TPSA) is 29.5 Å². The van der Waals surface area contributed by atoms with E-state index in [2.05, 4.69) is 219 Å². The number of allylic oxidation sites excluding steroid dienone is 1. The highest BCUT2D eigenvalue weighted by Crippen LogP contribution is 2.66. The fourth-order valence-corrected chi connectivity index (χ4v) is 13.7. The third-order valence-corrected chi connectivity index (χ3v) is 16.6. The molecule has 2 heterocycles. The molecule has 0 aliphatic heterocycles. The van der Waals surface area contributed by atoms with Crippen molar-refractivity contribution in [2.45, 2.75) is 37.5 Å². The Kier molecular flexibility index (Phi) is 7.65. The molecule has 0 bridgehead atoms. The first-order chi connectivity index (χ1) is 35.0. The zero-order valence-electron chi connectivity index (χ0n) is 39.2. The van der Waals surface area contributed by atoms with Gasteiger partial charge < -0.3 is 13.7 Å². The minimum absolute atomic E-state index is 0.174. The Morgan fingerprint density at radius 3 is 2.13 bits per heavy atom. The van der Waals surface area contributed by atoms with E-state index in [1.165, 1.54) is 82.9 Å². The molecule has 1 atom stereocenters. The first-order valence-corrected chi connectivity index (χ1v) is 24.9. The van der Waals surface area contributed by atoms with Gasteiger partial charge in [-0.1, -0.05) is 178 Å². The summed E-state index contributed by atoms with van der Waals surface area (Å²) in [5.74, 6) is 0.929. The van der Waals surface area contributed by atoms with Crippen LogP contribution < -0.4 is 4.90 Å². The van der Waals surface area contributed by atoms with Gasteiger partial charge in [-0.3, -0.25) is 0 Å². The Hall–Kier alpha value is -8.84. The number of furan rings is 2. The SMILES string of the molecule is CC1(C)c2ccccc2-c2ccc(N(c3cccc4c3-c3ccc#cc3C43c4ccccc4-c4ccc5oc6c(c5c43)CCC=C6c3cccc4c3oc3ccccc34)c3cccc4ccccc34)cc21. The van der Waals surface area contributed by atoms with Gasteiger partial charge in [0, 0.05) is 60.5 Å². The van der Waals surface area contributed by atoms with E-state index in [1.807, 2.05) is 12.1 Å². The monoisotopic (exact) mass is 905 g/mol. The molecule has 0 saturated carbocycles. The maximum absolute atomic E-state index is 7.24. The van der Waals surface area contributed by atoms with Gasteiger partial charge in [0.2, 0.25) is 0 Å². The fraction of sp³-hybridized carbons (Fsp3) is 0.0882. The average Bonchev–Trinajstić information content (AvgIpc) is 4.22. The van der Waals surface area contributed by atoms with Crippen LogP contribution in [0.5, 0.6) is 0 Å². The van der Waals surface area contributed by atoms with Crippen molar-refractivity contribution in [3.8, 4) is 33.4 Å². The van der Waals surface area contributed by atoms with Gasteiger partial charge in [-0.25, -0.2) is 0 Å². The minimum atomic E-state index is -0.715. The van der Waals surface area contributed by atoms with Crippen molar-refractivity contribution < 1.29 is 8.83 Å². The van der Waals surface area contributed by atoms with Crippen molar-refractivity contribution in [2.75, 3.05) is 4.90 Å². The standard InChI is InChI=1S/C68H43NO2/c1-67(2)53-28-9-5-20-43(53)45-36-35-41(39-57(45)67)69(58-32-13-18-40-17-3-4-19-42(40)58)59-33-16-31-56-62(59)51-23-7-11-30-55(51)68(56)54-29-10-6-21-44(54)47-37-38-61-63(64(47)68)52-27-15-26-50(66(52)71-61)49-25-14-24-48-46-22-8-12-34-60(46)70-65(48)49/h3-10,12-14,16-26,28-29,31-39H,15,27H2,1-2H3. The number of rotatable bonds is 4. The van der Waals surface area contributed by atoms with E-state index < -0.39 is 5.41 Å². The maximum atomic E-state index is 7.24. The number of hydrogen-bond donors (Lipinski definition) is 0. The second-order valence-corrected chi connectivity index (χ2v) is 20.3. The summed E-state index contributed by atoms with van der Waals surface area (Å²) in [6.07, 6.45) is 4.10. The number of anilines is 3. The van der Waals surface area contributed by atoms with Crippen LogP contribution in [0.1, 0.15) is 70.5 Å². The number of para-hydroxylation sites is 2. The highest BCUT2D eigenvalue weighted by atomic mass is 16.3. The van der Waals surface area contributed by atoms with E-state index >= 15 is 0 Å². The maximum Gasteiger partial charge on any atom is 0.143 e. The molecule has 4 aliphatic carbocycles. The van der Waals surface area contributed by atoms with E-state index in [-0.39, 0.29) is 5.41 Å². The van der Waals surface area contributed by atoms with Crippen LogP contribution in [-0.4, -0.2) is 0 Å². The van der Waals surface area contributed by atoms with Gasteiger partial charge in [0.05, 0.1) is 16.8 Å². The molecule has 332 valence electrons. The molecule has 0 saturated heterocycles. The molecular weight excluding hydrogens is 863 g/mol. The Morgan fingerprint density at radius 2 is 1.21 bits per heavy atom. The van der Waals surface area contributed by atoms with Crippen molar-refractivity contribution in [3.63, 3.8) is 0 Å². The van der Waals surface area contributed by atoms with Gasteiger partial charge in [-0.2, -0.15) is 0 Å². The van der Waals surface area contributed by atoms with Gasteiger partial charge in [0.15, 0.2) is 0 Å². The number of nitrogens with zero attached hydrogens (tertiary/aromatic N) is 1. The third kappa shape index (κ3) is 4.94. The normalized spacial score (nSPS) is 16.3. The van der Waals surface area contributed by atoms with E-state index in [4.69, 9.17) is 8.83 Å². The molecule has 0 N–H and O–H groups in total. The lowest BCUT2D eigenvalue weighted by atomic mass is 9.69. The van der Waals surface area contributed by atoms with Gasteiger partial charge in [-0.05, 0) is 122 Å². The smallest absolute Gasteiger partial charge is 0.143 e. The minimum Gasteiger partial charge on any atom is -0.456 e. The van der Waals surface area contributed by atoms with Gasteiger partial charge in [0.25, 0.3) is 0 Å². The zero-order valence-corrected chi connectivity index (χ0v) is 39.2. The molecule has 16 rings (SSSR count). The molecule has 0 fully saturated rings. The molecular formula is C68H43NO2. The molecule has 1 spiro atoms. The van der Waals surface area contributed by atoms with E-state index in [1.54, 1.807) is 0 Å². The summed E-state index contributed by atoms with van der Waals surface area (Å²) >= 11 is 0. The summed E-state index contributed by atoms with van der Waals surface area (Å²) in [5, 5.41) is 5.84. The van der Waals surface area contributed by atoms with Crippen molar-refractivity contribution >= 4 is 66.3 Å². The molecule has 12 aromatic rings. The zero-order chi connectivity index (χ0) is 46.7. The van der Waals surface area contributed by atoms with Crippen molar-refractivity contribution in [1.82, 2.24) is 0 Å².